The maximum atomic E-state index is 13.5. The van der Waals surface area contributed by atoms with Crippen molar-refractivity contribution in [2.24, 2.45) is 0 Å². The second kappa shape index (κ2) is 12.8. The average molecular weight is 484 g/mol. The van der Waals surface area contributed by atoms with Gasteiger partial charge in [0.15, 0.2) is 5.13 Å². The number of urea groups is 1. The third-order valence-corrected chi connectivity index (χ3v) is 8.32. The Morgan fingerprint density at radius 2 is 1.81 bits per heavy atom. The van der Waals surface area contributed by atoms with Crippen LogP contribution in [0.5, 0.6) is 0 Å². The topological polar surface area (TPSA) is 91.8 Å². The number of carbonyl (C=O) groups excluding carboxylic acids is 1. The summed E-state index contributed by atoms with van der Waals surface area (Å²) in [6.07, 6.45) is 13.4. The molecule has 7 nitrogen and oxygen atoms in total. The SMILES string of the molecule is CC(C)OC1CCC(N(C(=O)Nc2ncc(SCCC(=O)O)s2)C2CCCCCC2)CC1. The second-order valence-electron chi connectivity index (χ2n) is 9.07. The predicted molar refractivity (Wildman–Crippen MR) is 130 cm³/mol. The van der Waals surface area contributed by atoms with Crippen molar-refractivity contribution in [3.05, 3.63) is 6.20 Å². The molecule has 0 spiro atoms. The first kappa shape index (κ1) is 25.3. The number of nitrogens with one attached hydrogen (secondary N) is 1. The van der Waals surface area contributed by atoms with Crippen molar-refractivity contribution < 1.29 is 19.4 Å². The molecule has 0 radical (unpaired) electrons. The summed E-state index contributed by atoms with van der Waals surface area (Å²) in [5.74, 6) is -0.302. The van der Waals surface area contributed by atoms with Crippen molar-refractivity contribution in [3.63, 3.8) is 0 Å². The summed E-state index contributed by atoms with van der Waals surface area (Å²) in [5.41, 5.74) is 0. The Morgan fingerprint density at radius 3 is 2.44 bits per heavy atom. The molecule has 0 saturated heterocycles. The fourth-order valence-electron chi connectivity index (χ4n) is 4.79. The lowest BCUT2D eigenvalue weighted by molar-refractivity contribution is -0.136. The number of hydrogen-bond donors (Lipinski definition) is 2. The molecule has 9 heteroatoms. The van der Waals surface area contributed by atoms with E-state index in [0.29, 0.717) is 17.0 Å². The molecule has 1 aromatic heterocycles. The minimum absolute atomic E-state index is 0.0402. The van der Waals surface area contributed by atoms with Crippen LogP contribution < -0.4 is 5.32 Å². The molecule has 2 fully saturated rings. The van der Waals surface area contributed by atoms with Crippen LogP contribution in [0.3, 0.4) is 0 Å². The van der Waals surface area contributed by atoms with Crippen LogP contribution in [0.15, 0.2) is 10.4 Å². The molecule has 0 unspecified atom stereocenters. The minimum Gasteiger partial charge on any atom is -0.481 e. The van der Waals surface area contributed by atoms with Gasteiger partial charge in [-0.3, -0.25) is 10.1 Å². The van der Waals surface area contributed by atoms with E-state index in [1.54, 1.807) is 6.20 Å². The number of amides is 2. The van der Waals surface area contributed by atoms with Gasteiger partial charge < -0.3 is 14.7 Å². The van der Waals surface area contributed by atoms with Gasteiger partial charge in [0.1, 0.15) is 0 Å². The van der Waals surface area contributed by atoms with E-state index in [9.17, 15) is 9.59 Å². The summed E-state index contributed by atoms with van der Waals surface area (Å²) < 4.78 is 6.95. The summed E-state index contributed by atoms with van der Waals surface area (Å²) in [6.45, 7) is 4.17. The molecule has 180 valence electrons. The number of thioether (sulfide) groups is 1. The van der Waals surface area contributed by atoms with E-state index in [0.717, 1.165) is 42.7 Å². The first-order valence-corrected chi connectivity index (χ1v) is 13.8. The van der Waals surface area contributed by atoms with Crippen LogP contribution in [0.25, 0.3) is 0 Å². The van der Waals surface area contributed by atoms with Crippen molar-refractivity contribution in [1.82, 2.24) is 9.88 Å². The smallest absolute Gasteiger partial charge is 0.324 e. The number of thiazole rings is 1. The molecular formula is C23H37N3O4S2. The summed E-state index contributed by atoms with van der Waals surface area (Å²) in [7, 11) is 0. The number of aromatic nitrogens is 1. The number of rotatable bonds is 9. The highest BCUT2D eigenvalue weighted by Crippen LogP contribution is 2.33. The molecule has 2 saturated carbocycles. The van der Waals surface area contributed by atoms with Gasteiger partial charge in [0.25, 0.3) is 0 Å². The molecule has 32 heavy (non-hydrogen) atoms. The number of carboxylic acids is 1. The Kier molecular flexibility index (Phi) is 10.1. The maximum absolute atomic E-state index is 13.5. The van der Waals surface area contributed by atoms with Crippen LogP contribution in [0.4, 0.5) is 9.93 Å². The number of carboxylic acid groups (broad SMARTS) is 1. The zero-order valence-electron chi connectivity index (χ0n) is 19.3. The normalized spacial score (nSPS) is 22.5. The maximum Gasteiger partial charge on any atom is 0.324 e. The lowest BCUT2D eigenvalue weighted by atomic mass is 9.90. The van der Waals surface area contributed by atoms with Crippen LogP contribution in [0, 0.1) is 0 Å². The number of ether oxygens (including phenoxy) is 1. The number of anilines is 1. The van der Waals surface area contributed by atoms with E-state index < -0.39 is 5.97 Å². The van der Waals surface area contributed by atoms with Gasteiger partial charge in [-0.25, -0.2) is 9.78 Å². The van der Waals surface area contributed by atoms with Gasteiger partial charge in [0.2, 0.25) is 0 Å². The molecule has 2 aliphatic carbocycles. The zero-order chi connectivity index (χ0) is 22.9. The van der Waals surface area contributed by atoms with Crippen LogP contribution in [0.1, 0.15) is 84.5 Å². The highest BCUT2D eigenvalue weighted by molar-refractivity contribution is 8.01. The molecule has 3 rings (SSSR count). The molecule has 2 aliphatic rings. The molecule has 0 bridgehead atoms. The van der Waals surface area contributed by atoms with Crippen molar-refractivity contribution in [1.29, 1.82) is 0 Å². The number of hydrogen-bond acceptors (Lipinski definition) is 6. The van der Waals surface area contributed by atoms with Crippen LogP contribution in [0.2, 0.25) is 0 Å². The quantitative estimate of drug-likeness (QED) is 0.330. The monoisotopic (exact) mass is 483 g/mol. The Bertz CT molecular complexity index is 727. The van der Waals surface area contributed by atoms with Crippen LogP contribution in [-0.2, 0) is 9.53 Å². The predicted octanol–water partition coefficient (Wildman–Crippen LogP) is 6.00. The van der Waals surface area contributed by atoms with Crippen molar-refractivity contribution in [2.45, 2.75) is 113 Å². The zero-order valence-corrected chi connectivity index (χ0v) is 20.9. The van der Waals surface area contributed by atoms with E-state index in [2.05, 4.69) is 29.0 Å². The standard InChI is InChI=1S/C23H37N3O4S2/c1-16(2)30-19-11-9-18(10-12-19)26(17-7-5-3-4-6-8-17)23(29)25-22-24-15-21(32-22)31-14-13-20(27)28/h15-19H,3-14H2,1-2H3,(H,27,28)(H,24,25,29). The molecule has 1 heterocycles. The second-order valence-corrected chi connectivity index (χ2v) is 11.5. The van der Waals surface area contributed by atoms with E-state index >= 15 is 0 Å². The Morgan fingerprint density at radius 1 is 1.16 bits per heavy atom. The first-order valence-electron chi connectivity index (χ1n) is 12.0. The third kappa shape index (κ3) is 7.92. The highest BCUT2D eigenvalue weighted by atomic mass is 32.2. The number of nitrogens with zero attached hydrogens (tertiary/aromatic N) is 2. The van der Waals surface area contributed by atoms with Crippen LogP contribution >= 0.6 is 23.1 Å². The van der Waals surface area contributed by atoms with Crippen LogP contribution in [-0.4, -0.2) is 57.0 Å². The van der Waals surface area contributed by atoms with Gasteiger partial charge in [-0.05, 0) is 52.4 Å². The van der Waals surface area contributed by atoms with E-state index in [1.807, 2.05) is 0 Å². The molecule has 0 atom stereocenters. The third-order valence-electron chi connectivity index (χ3n) is 6.21. The Hall–Kier alpha value is -1.32. The fourth-order valence-corrected chi connectivity index (χ4v) is 6.66. The molecule has 1 aromatic rings. The van der Waals surface area contributed by atoms with Gasteiger partial charge in [0.05, 0.1) is 29.0 Å². The number of carbonyl (C=O) groups is 2. The molecule has 2 N–H and O–H groups in total. The largest absolute Gasteiger partial charge is 0.481 e. The van der Waals surface area contributed by atoms with Crippen molar-refractivity contribution in [3.8, 4) is 0 Å². The van der Waals surface area contributed by atoms with Gasteiger partial charge in [-0.2, -0.15) is 0 Å². The lowest BCUT2D eigenvalue weighted by Crippen LogP contribution is -2.50. The minimum atomic E-state index is -0.803. The summed E-state index contributed by atoms with van der Waals surface area (Å²) in [6, 6.07) is 0.491. The van der Waals surface area contributed by atoms with Gasteiger partial charge in [-0.15, -0.1) is 11.8 Å². The molecule has 0 aromatic carbocycles. The fraction of sp³-hybridized carbons (Fsp3) is 0.783. The Balaban J connectivity index is 1.63. The van der Waals surface area contributed by atoms with Crippen molar-refractivity contribution >= 4 is 40.2 Å². The Labute approximate surface area is 199 Å². The van der Waals surface area contributed by atoms with Gasteiger partial charge in [0, 0.05) is 17.8 Å². The van der Waals surface area contributed by atoms with E-state index in [1.165, 1.54) is 48.8 Å². The summed E-state index contributed by atoms with van der Waals surface area (Å²) >= 11 is 2.88. The average Bonchev–Trinajstić information content (AvgIpc) is 3.01. The summed E-state index contributed by atoms with van der Waals surface area (Å²) in [4.78, 5) is 30.7. The van der Waals surface area contributed by atoms with Gasteiger partial charge >= 0.3 is 12.0 Å². The highest BCUT2D eigenvalue weighted by Gasteiger charge is 2.34. The molecule has 2 amide bonds. The lowest BCUT2D eigenvalue weighted by Gasteiger charge is -2.41. The number of aliphatic carboxylic acids is 1. The first-order chi connectivity index (χ1) is 15.4. The van der Waals surface area contributed by atoms with Gasteiger partial charge in [-0.1, -0.05) is 37.0 Å². The summed E-state index contributed by atoms with van der Waals surface area (Å²) in [5, 5.41) is 12.4. The van der Waals surface area contributed by atoms with Crippen molar-refractivity contribution in [2.75, 3.05) is 11.1 Å². The molecular weight excluding hydrogens is 446 g/mol. The van der Waals surface area contributed by atoms with E-state index in [-0.39, 0.29) is 30.6 Å². The molecule has 0 aliphatic heterocycles. The van der Waals surface area contributed by atoms with E-state index in [4.69, 9.17) is 9.84 Å².